The van der Waals surface area contributed by atoms with Crippen molar-refractivity contribution >= 4 is 11.6 Å². The lowest BCUT2D eigenvalue weighted by atomic mass is 9.91. The summed E-state index contributed by atoms with van der Waals surface area (Å²) in [6.07, 6.45) is 9.09. The molecule has 0 aliphatic carbocycles. The van der Waals surface area contributed by atoms with E-state index >= 15 is 0 Å². The predicted molar refractivity (Wildman–Crippen MR) is 98.4 cm³/mol. The second-order valence-electron chi connectivity index (χ2n) is 7.34. The Balaban J connectivity index is 1.36. The van der Waals surface area contributed by atoms with Gasteiger partial charge in [0.05, 0.1) is 6.04 Å². The number of hydrogen-bond donors (Lipinski definition) is 1. The molecule has 1 N–H and O–H groups in total. The minimum Gasteiger partial charge on any atom is -0.338 e. The molecular weight excluding hydrogens is 312 g/mol. The van der Waals surface area contributed by atoms with E-state index in [0.29, 0.717) is 5.92 Å². The molecule has 5 nitrogen and oxygen atoms in total. The Bertz CT molecular complexity index is 746. The molecule has 0 spiro atoms. The molecule has 2 aliphatic rings. The SMILES string of the molecule is Cn1ccnc1CC1CCN([C@H]2CCc3ccccc3NC2=O)CC1. The molecule has 0 radical (unpaired) electrons. The molecule has 1 aromatic heterocycles. The van der Waals surface area contributed by atoms with E-state index in [1.807, 2.05) is 24.5 Å². The van der Waals surface area contributed by atoms with Gasteiger partial charge in [-0.2, -0.15) is 0 Å². The Hall–Kier alpha value is -2.14. The molecule has 1 fully saturated rings. The molecular formula is C20H26N4O. The Labute approximate surface area is 149 Å². The lowest BCUT2D eigenvalue weighted by molar-refractivity contribution is -0.122. The van der Waals surface area contributed by atoms with Crippen LogP contribution in [0, 0.1) is 5.92 Å². The van der Waals surface area contributed by atoms with Gasteiger partial charge in [0, 0.05) is 31.5 Å². The van der Waals surface area contributed by atoms with Crippen LogP contribution in [0.2, 0.25) is 0 Å². The average molecular weight is 338 g/mol. The highest BCUT2D eigenvalue weighted by molar-refractivity contribution is 5.96. The topological polar surface area (TPSA) is 50.2 Å². The van der Waals surface area contributed by atoms with E-state index in [1.54, 1.807) is 0 Å². The Kier molecular flexibility index (Phi) is 4.57. The molecule has 0 bridgehead atoms. The number of piperidine rings is 1. The summed E-state index contributed by atoms with van der Waals surface area (Å²) in [6.45, 7) is 2.01. The maximum absolute atomic E-state index is 12.7. The second kappa shape index (κ2) is 7.00. The monoisotopic (exact) mass is 338 g/mol. The van der Waals surface area contributed by atoms with Crippen molar-refractivity contribution in [1.29, 1.82) is 0 Å². The summed E-state index contributed by atoms with van der Waals surface area (Å²) in [5.74, 6) is 2.00. The van der Waals surface area contributed by atoms with Gasteiger partial charge in [0.2, 0.25) is 5.91 Å². The number of rotatable bonds is 3. The maximum atomic E-state index is 12.7. The summed E-state index contributed by atoms with van der Waals surface area (Å²) in [7, 11) is 2.06. The molecule has 1 saturated heterocycles. The number of likely N-dealkylation sites (tertiary alicyclic amines) is 1. The van der Waals surface area contributed by atoms with Crippen LogP contribution in [-0.2, 0) is 24.7 Å². The number of carbonyl (C=O) groups is 1. The first-order chi connectivity index (χ1) is 12.2. The van der Waals surface area contributed by atoms with Gasteiger partial charge >= 0.3 is 0 Å². The van der Waals surface area contributed by atoms with Gasteiger partial charge < -0.3 is 9.88 Å². The van der Waals surface area contributed by atoms with Crippen molar-refractivity contribution in [1.82, 2.24) is 14.5 Å². The van der Waals surface area contributed by atoms with Crippen molar-refractivity contribution in [3.05, 3.63) is 48.0 Å². The van der Waals surface area contributed by atoms with Gasteiger partial charge in [-0.15, -0.1) is 0 Å². The number of fused-ring (bicyclic) bond motifs is 1. The van der Waals surface area contributed by atoms with Gasteiger partial charge in [0.25, 0.3) is 0 Å². The van der Waals surface area contributed by atoms with Crippen LogP contribution in [-0.4, -0.2) is 39.5 Å². The van der Waals surface area contributed by atoms with Gasteiger partial charge in [-0.3, -0.25) is 9.69 Å². The number of imidazole rings is 1. The summed E-state index contributed by atoms with van der Waals surface area (Å²) in [5.41, 5.74) is 2.24. The lowest BCUT2D eigenvalue weighted by Gasteiger charge is -2.36. The van der Waals surface area contributed by atoms with Crippen LogP contribution in [0.15, 0.2) is 36.7 Å². The van der Waals surface area contributed by atoms with E-state index in [4.69, 9.17) is 0 Å². The van der Waals surface area contributed by atoms with Crippen LogP contribution in [0.1, 0.15) is 30.7 Å². The van der Waals surface area contributed by atoms with Crippen molar-refractivity contribution in [2.45, 2.75) is 38.1 Å². The zero-order chi connectivity index (χ0) is 17.2. The first-order valence-corrected chi connectivity index (χ1v) is 9.30. The molecule has 3 heterocycles. The third-order valence-electron chi connectivity index (χ3n) is 5.75. The van der Waals surface area contributed by atoms with Crippen LogP contribution in [0.25, 0.3) is 0 Å². The minimum absolute atomic E-state index is 0.00140. The van der Waals surface area contributed by atoms with Gasteiger partial charge in [0.15, 0.2) is 0 Å². The number of nitrogens with one attached hydrogen (secondary N) is 1. The number of benzene rings is 1. The van der Waals surface area contributed by atoms with Gasteiger partial charge in [-0.05, 0) is 56.3 Å². The summed E-state index contributed by atoms with van der Waals surface area (Å²) >= 11 is 0. The molecule has 1 amide bonds. The predicted octanol–water partition coefficient (Wildman–Crippen LogP) is 2.63. The Morgan fingerprint density at radius 3 is 2.76 bits per heavy atom. The summed E-state index contributed by atoms with van der Waals surface area (Å²) < 4.78 is 2.11. The van der Waals surface area contributed by atoms with E-state index in [1.165, 1.54) is 11.4 Å². The van der Waals surface area contributed by atoms with Crippen molar-refractivity contribution in [2.24, 2.45) is 13.0 Å². The van der Waals surface area contributed by atoms with Crippen molar-refractivity contribution in [3.8, 4) is 0 Å². The smallest absolute Gasteiger partial charge is 0.241 e. The van der Waals surface area contributed by atoms with E-state index in [-0.39, 0.29) is 11.9 Å². The third-order valence-corrected chi connectivity index (χ3v) is 5.75. The number of anilines is 1. The van der Waals surface area contributed by atoms with Crippen molar-refractivity contribution in [2.75, 3.05) is 18.4 Å². The molecule has 132 valence electrons. The van der Waals surface area contributed by atoms with Crippen LogP contribution in [0.5, 0.6) is 0 Å². The normalized spacial score (nSPS) is 22.3. The maximum Gasteiger partial charge on any atom is 0.241 e. The van der Waals surface area contributed by atoms with Gasteiger partial charge in [-0.25, -0.2) is 4.98 Å². The fourth-order valence-electron chi connectivity index (χ4n) is 4.17. The summed E-state index contributed by atoms with van der Waals surface area (Å²) in [4.78, 5) is 19.5. The highest BCUT2D eigenvalue weighted by atomic mass is 16.2. The van der Waals surface area contributed by atoms with Gasteiger partial charge in [0.1, 0.15) is 5.82 Å². The fraction of sp³-hybridized carbons (Fsp3) is 0.500. The van der Waals surface area contributed by atoms with Crippen LogP contribution in [0.4, 0.5) is 5.69 Å². The van der Waals surface area contributed by atoms with E-state index in [9.17, 15) is 4.79 Å². The number of carbonyl (C=O) groups excluding carboxylic acids is 1. The average Bonchev–Trinajstić information content (AvgIpc) is 2.94. The minimum atomic E-state index is 0.00140. The van der Waals surface area contributed by atoms with E-state index < -0.39 is 0 Å². The Morgan fingerprint density at radius 1 is 1.20 bits per heavy atom. The van der Waals surface area contributed by atoms with Crippen molar-refractivity contribution < 1.29 is 4.79 Å². The summed E-state index contributed by atoms with van der Waals surface area (Å²) in [6, 6.07) is 8.17. The summed E-state index contributed by atoms with van der Waals surface area (Å²) in [5, 5.41) is 3.13. The highest BCUT2D eigenvalue weighted by Crippen LogP contribution is 2.27. The van der Waals surface area contributed by atoms with Gasteiger partial charge in [-0.1, -0.05) is 18.2 Å². The third kappa shape index (κ3) is 3.47. The first kappa shape index (κ1) is 16.3. The van der Waals surface area contributed by atoms with E-state index in [0.717, 1.165) is 50.9 Å². The first-order valence-electron chi connectivity index (χ1n) is 9.30. The lowest BCUT2D eigenvalue weighted by Crippen LogP contribution is -2.47. The number of aromatic nitrogens is 2. The molecule has 5 heteroatoms. The van der Waals surface area contributed by atoms with Crippen LogP contribution in [0.3, 0.4) is 0 Å². The standard InChI is InChI=1S/C20H26N4O/c1-23-13-10-21-19(23)14-15-8-11-24(12-9-15)18-7-6-16-4-2-3-5-17(16)22-20(18)25/h2-5,10,13,15,18H,6-9,11-12,14H2,1H3,(H,22,25)/t18-/m0/s1. The number of amides is 1. The quantitative estimate of drug-likeness (QED) is 0.936. The molecule has 1 atom stereocenters. The fourth-order valence-corrected chi connectivity index (χ4v) is 4.17. The largest absolute Gasteiger partial charge is 0.338 e. The zero-order valence-electron chi connectivity index (χ0n) is 14.8. The zero-order valence-corrected chi connectivity index (χ0v) is 14.8. The number of nitrogens with zero attached hydrogens (tertiary/aromatic N) is 3. The molecule has 4 rings (SSSR count). The Morgan fingerprint density at radius 2 is 2.00 bits per heavy atom. The number of aryl methyl sites for hydroxylation is 2. The van der Waals surface area contributed by atoms with Crippen LogP contribution >= 0.6 is 0 Å². The molecule has 0 saturated carbocycles. The van der Waals surface area contributed by atoms with E-state index in [2.05, 4.69) is 38.9 Å². The number of hydrogen-bond acceptors (Lipinski definition) is 3. The van der Waals surface area contributed by atoms with Crippen molar-refractivity contribution in [3.63, 3.8) is 0 Å². The molecule has 25 heavy (non-hydrogen) atoms. The molecule has 2 aliphatic heterocycles. The molecule has 2 aromatic rings. The number of para-hydroxylation sites is 1. The van der Waals surface area contributed by atoms with Crippen LogP contribution < -0.4 is 5.32 Å². The second-order valence-corrected chi connectivity index (χ2v) is 7.34. The highest BCUT2D eigenvalue weighted by Gasteiger charge is 2.31. The molecule has 1 aromatic carbocycles. The molecule has 0 unspecified atom stereocenters.